The lowest BCUT2D eigenvalue weighted by Gasteiger charge is -2.16. The van der Waals surface area contributed by atoms with Crippen LogP contribution < -0.4 is 15.2 Å². The van der Waals surface area contributed by atoms with Gasteiger partial charge in [0.25, 0.3) is 0 Å². The van der Waals surface area contributed by atoms with Crippen LogP contribution in [0.5, 0.6) is 11.5 Å². The first kappa shape index (κ1) is 13.7. The molecule has 0 radical (unpaired) electrons. The molecule has 2 rings (SSSR count). The Morgan fingerprint density at radius 2 is 2.11 bits per heavy atom. The van der Waals surface area contributed by atoms with E-state index >= 15 is 0 Å². The van der Waals surface area contributed by atoms with Crippen LogP contribution in [-0.2, 0) is 9.53 Å². The molecule has 1 atom stereocenters. The number of esters is 1. The number of hydrogen-bond donors (Lipinski definition) is 1. The quantitative estimate of drug-likeness (QED) is 0.834. The van der Waals surface area contributed by atoms with E-state index in [4.69, 9.17) is 15.2 Å². The van der Waals surface area contributed by atoms with Gasteiger partial charge in [-0.25, -0.2) is 0 Å². The van der Waals surface area contributed by atoms with E-state index in [1.54, 1.807) is 0 Å². The van der Waals surface area contributed by atoms with Gasteiger partial charge in [0, 0.05) is 12.3 Å². The summed E-state index contributed by atoms with van der Waals surface area (Å²) in [7, 11) is 1.38. The average molecular weight is 265 g/mol. The SMILES string of the molecule is COC(=O)CC(CN)c1ccc2c(c1)OCCCO2. The summed E-state index contributed by atoms with van der Waals surface area (Å²) in [5, 5.41) is 0. The van der Waals surface area contributed by atoms with Crippen molar-refractivity contribution in [2.24, 2.45) is 5.73 Å². The van der Waals surface area contributed by atoms with Crippen LogP contribution >= 0.6 is 0 Å². The average Bonchev–Trinajstić information content (AvgIpc) is 2.68. The molecular formula is C14H19NO4. The van der Waals surface area contributed by atoms with Gasteiger partial charge >= 0.3 is 5.97 Å². The van der Waals surface area contributed by atoms with Crippen molar-refractivity contribution in [3.05, 3.63) is 23.8 Å². The molecule has 0 aromatic heterocycles. The Hall–Kier alpha value is -1.75. The number of hydrogen-bond acceptors (Lipinski definition) is 5. The molecule has 5 nitrogen and oxygen atoms in total. The number of fused-ring (bicyclic) bond motifs is 1. The van der Waals surface area contributed by atoms with Crippen molar-refractivity contribution in [3.63, 3.8) is 0 Å². The minimum atomic E-state index is -0.262. The molecule has 0 amide bonds. The largest absolute Gasteiger partial charge is 0.490 e. The molecule has 0 fully saturated rings. The minimum absolute atomic E-state index is 0.0652. The Kier molecular flexibility index (Phi) is 4.63. The fourth-order valence-corrected chi connectivity index (χ4v) is 2.06. The van der Waals surface area contributed by atoms with Gasteiger partial charge in [-0.05, 0) is 24.2 Å². The van der Waals surface area contributed by atoms with Gasteiger partial charge in [0.15, 0.2) is 11.5 Å². The molecule has 19 heavy (non-hydrogen) atoms. The van der Waals surface area contributed by atoms with Crippen LogP contribution in [0.25, 0.3) is 0 Å². The molecule has 1 unspecified atom stereocenters. The summed E-state index contributed by atoms with van der Waals surface area (Å²) in [6, 6.07) is 5.70. The fourth-order valence-electron chi connectivity index (χ4n) is 2.06. The maximum atomic E-state index is 11.4. The predicted molar refractivity (Wildman–Crippen MR) is 70.5 cm³/mol. The van der Waals surface area contributed by atoms with Gasteiger partial charge < -0.3 is 19.9 Å². The van der Waals surface area contributed by atoms with E-state index < -0.39 is 0 Å². The summed E-state index contributed by atoms with van der Waals surface area (Å²) in [6.07, 6.45) is 1.14. The van der Waals surface area contributed by atoms with Crippen LogP contribution in [0.15, 0.2) is 18.2 Å². The van der Waals surface area contributed by atoms with Crippen molar-refractivity contribution in [2.45, 2.75) is 18.8 Å². The second-order valence-corrected chi connectivity index (χ2v) is 4.47. The molecule has 0 bridgehead atoms. The van der Waals surface area contributed by atoms with E-state index in [-0.39, 0.29) is 18.3 Å². The Morgan fingerprint density at radius 1 is 1.37 bits per heavy atom. The summed E-state index contributed by atoms with van der Waals surface area (Å²) in [5.41, 5.74) is 6.70. The third kappa shape index (κ3) is 3.38. The molecule has 0 aliphatic carbocycles. The first-order valence-electron chi connectivity index (χ1n) is 6.41. The van der Waals surface area contributed by atoms with Crippen LogP contribution in [0, 0.1) is 0 Å². The first-order chi connectivity index (χ1) is 9.24. The zero-order chi connectivity index (χ0) is 13.7. The zero-order valence-corrected chi connectivity index (χ0v) is 11.1. The van der Waals surface area contributed by atoms with Crippen molar-refractivity contribution < 1.29 is 19.0 Å². The molecule has 0 saturated carbocycles. The Morgan fingerprint density at radius 3 is 2.79 bits per heavy atom. The molecule has 1 aliphatic rings. The maximum Gasteiger partial charge on any atom is 0.306 e. The highest BCUT2D eigenvalue weighted by atomic mass is 16.5. The van der Waals surface area contributed by atoms with Crippen LogP contribution in [0.4, 0.5) is 0 Å². The van der Waals surface area contributed by atoms with Crippen molar-refractivity contribution in [3.8, 4) is 11.5 Å². The lowest BCUT2D eigenvalue weighted by Crippen LogP contribution is -2.17. The number of methoxy groups -OCH3 is 1. The third-order valence-electron chi connectivity index (χ3n) is 3.17. The van der Waals surface area contributed by atoms with Gasteiger partial charge in [-0.3, -0.25) is 4.79 Å². The lowest BCUT2D eigenvalue weighted by atomic mass is 9.95. The van der Waals surface area contributed by atoms with Crippen molar-refractivity contribution in [2.75, 3.05) is 26.9 Å². The monoisotopic (exact) mass is 265 g/mol. The number of carbonyl (C=O) groups is 1. The van der Waals surface area contributed by atoms with Gasteiger partial charge in [0.2, 0.25) is 0 Å². The molecule has 1 heterocycles. The van der Waals surface area contributed by atoms with Crippen LogP contribution in [0.1, 0.15) is 24.3 Å². The fraction of sp³-hybridized carbons (Fsp3) is 0.500. The third-order valence-corrected chi connectivity index (χ3v) is 3.17. The maximum absolute atomic E-state index is 11.4. The van der Waals surface area contributed by atoms with Gasteiger partial charge in [-0.15, -0.1) is 0 Å². The molecule has 1 aromatic carbocycles. The van der Waals surface area contributed by atoms with E-state index in [1.807, 2.05) is 18.2 Å². The highest BCUT2D eigenvalue weighted by Crippen LogP contribution is 2.33. The molecule has 104 valence electrons. The van der Waals surface area contributed by atoms with E-state index in [1.165, 1.54) is 7.11 Å². The molecule has 0 spiro atoms. The van der Waals surface area contributed by atoms with Crippen LogP contribution in [0.2, 0.25) is 0 Å². The zero-order valence-electron chi connectivity index (χ0n) is 11.1. The van der Waals surface area contributed by atoms with Gasteiger partial charge in [-0.2, -0.15) is 0 Å². The molecule has 1 aliphatic heterocycles. The highest BCUT2D eigenvalue weighted by molar-refractivity contribution is 5.70. The summed E-state index contributed by atoms with van der Waals surface area (Å²) >= 11 is 0. The van der Waals surface area contributed by atoms with E-state index in [0.717, 1.165) is 23.5 Å². The molecule has 2 N–H and O–H groups in total. The van der Waals surface area contributed by atoms with Crippen molar-refractivity contribution in [1.82, 2.24) is 0 Å². The summed E-state index contributed by atoms with van der Waals surface area (Å²) in [4.78, 5) is 11.4. The van der Waals surface area contributed by atoms with Gasteiger partial charge in [0.05, 0.1) is 26.7 Å². The first-order valence-corrected chi connectivity index (χ1v) is 6.41. The minimum Gasteiger partial charge on any atom is -0.490 e. The Labute approximate surface area is 112 Å². The highest BCUT2D eigenvalue weighted by Gasteiger charge is 2.18. The molecule has 0 saturated heterocycles. The summed E-state index contributed by atoms with van der Waals surface area (Å²) in [6.45, 7) is 1.68. The second-order valence-electron chi connectivity index (χ2n) is 4.47. The summed E-state index contributed by atoms with van der Waals surface area (Å²) < 4.78 is 15.9. The Balaban J connectivity index is 2.19. The molecule has 1 aromatic rings. The Bertz CT molecular complexity index is 447. The standard InChI is InChI=1S/C14H19NO4/c1-17-14(16)8-11(9-15)10-3-4-12-13(7-10)19-6-2-5-18-12/h3-4,7,11H,2,5-6,8-9,15H2,1H3. The topological polar surface area (TPSA) is 70.8 Å². The van der Waals surface area contributed by atoms with Crippen LogP contribution in [0.3, 0.4) is 0 Å². The van der Waals surface area contributed by atoms with Crippen LogP contribution in [-0.4, -0.2) is 32.8 Å². The predicted octanol–water partition coefficient (Wildman–Crippen LogP) is 1.45. The number of carbonyl (C=O) groups excluding carboxylic acids is 1. The van der Waals surface area contributed by atoms with E-state index in [2.05, 4.69) is 4.74 Å². The van der Waals surface area contributed by atoms with E-state index in [0.29, 0.717) is 19.8 Å². The van der Waals surface area contributed by atoms with E-state index in [9.17, 15) is 4.79 Å². The normalized spacial score (nSPS) is 15.5. The summed E-state index contributed by atoms with van der Waals surface area (Å²) in [5.74, 6) is 1.14. The van der Waals surface area contributed by atoms with Crippen molar-refractivity contribution >= 4 is 5.97 Å². The molecular weight excluding hydrogens is 246 g/mol. The van der Waals surface area contributed by atoms with Gasteiger partial charge in [0.1, 0.15) is 0 Å². The van der Waals surface area contributed by atoms with Gasteiger partial charge in [-0.1, -0.05) is 6.07 Å². The smallest absolute Gasteiger partial charge is 0.306 e. The lowest BCUT2D eigenvalue weighted by molar-refractivity contribution is -0.141. The number of rotatable bonds is 4. The number of benzene rings is 1. The second kappa shape index (κ2) is 6.43. The van der Waals surface area contributed by atoms with Crippen molar-refractivity contribution in [1.29, 1.82) is 0 Å². The molecule has 5 heteroatoms. The number of ether oxygens (including phenoxy) is 3. The number of nitrogens with two attached hydrogens (primary N) is 1.